The minimum Gasteiger partial charge on any atom is -0.491 e. The lowest BCUT2D eigenvalue weighted by Gasteiger charge is -2.17. The zero-order valence-electron chi connectivity index (χ0n) is 11.4. The third kappa shape index (κ3) is 4.90. The molecule has 0 aliphatic rings. The number of hydrazine groups is 1. The van der Waals surface area contributed by atoms with Crippen LogP contribution in [0.4, 0.5) is 0 Å². The van der Waals surface area contributed by atoms with Crippen LogP contribution in [0, 0.1) is 0 Å². The average Bonchev–Trinajstić information content (AvgIpc) is 2.34. The molecule has 0 saturated carbocycles. The third-order valence-corrected chi connectivity index (χ3v) is 2.73. The fourth-order valence-electron chi connectivity index (χ4n) is 1.89. The number of hydrogen-bond donors (Lipinski definition) is 2. The van der Waals surface area contributed by atoms with Crippen LogP contribution >= 0.6 is 0 Å². The van der Waals surface area contributed by atoms with Crippen molar-refractivity contribution >= 4 is 0 Å². The largest absolute Gasteiger partial charge is 0.491 e. The normalized spacial score (nSPS) is 12.4. The molecule has 0 spiro atoms. The quantitative estimate of drug-likeness (QED) is 0.321. The molecule has 0 aliphatic heterocycles. The monoisotopic (exact) mass is 248 g/mol. The molecule has 0 fully saturated rings. The Kier molecular flexibility index (Phi) is 6.47. The SMILES string of the molecule is C=CCCCC(NN)c1cccc(OC(C)C)c1. The van der Waals surface area contributed by atoms with E-state index in [1.165, 1.54) is 5.56 Å². The molecule has 1 atom stereocenters. The maximum atomic E-state index is 5.69. The second kappa shape index (κ2) is 7.90. The lowest BCUT2D eigenvalue weighted by atomic mass is 10.0. The molecular formula is C15H24N2O. The molecule has 3 nitrogen and oxygen atoms in total. The van der Waals surface area contributed by atoms with Gasteiger partial charge in [0.15, 0.2) is 0 Å². The van der Waals surface area contributed by atoms with E-state index in [0.29, 0.717) is 0 Å². The van der Waals surface area contributed by atoms with E-state index >= 15 is 0 Å². The summed E-state index contributed by atoms with van der Waals surface area (Å²) in [6.07, 6.45) is 5.21. The molecule has 1 aromatic carbocycles. The van der Waals surface area contributed by atoms with E-state index in [9.17, 15) is 0 Å². The van der Waals surface area contributed by atoms with Gasteiger partial charge in [-0.2, -0.15) is 0 Å². The highest BCUT2D eigenvalue weighted by molar-refractivity contribution is 5.30. The van der Waals surface area contributed by atoms with Crippen LogP contribution in [0.2, 0.25) is 0 Å². The summed E-state index contributed by atoms with van der Waals surface area (Å²) in [6, 6.07) is 8.27. The minimum absolute atomic E-state index is 0.167. The van der Waals surface area contributed by atoms with E-state index in [1.54, 1.807) is 0 Å². The number of benzene rings is 1. The first-order valence-corrected chi connectivity index (χ1v) is 6.51. The van der Waals surface area contributed by atoms with Gasteiger partial charge in [0, 0.05) is 6.04 Å². The maximum Gasteiger partial charge on any atom is 0.120 e. The first-order chi connectivity index (χ1) is 8.67. The maximum absolute atomic E-state index is 5.69. The lowest BCUT2D eigenvalue weighted by Crippen LogP contribution is -2.28. The number of rotatable bonds is 8. The molecular weight excluding hydrogens is 224 g/mol. The van der Waals surface area contributed by atoms with E-state index in [4.69, 9.17) is 10.6 Å². The smallest absolute Gasteiger partial charge is 0.120 e. The number of nitrogens with one attached hydrogen (secondary N) is 1. The second-order valence-corrected chi connectivity index (χ2v) is 4.68. The van der Waals surface area contributed by atoms with E-state index < -0.39 is 0 Å². The van der Waals surface area contributed by atoms with Gasteiger partial charge in [-0.3, -0.25) is 11.3 Å². The van der Waals surface area contributed by atoms with Crippen LogP contribution in [0.3, 0.4) is 0 Å². The van der Waals surface area contributed by atoms with Crippen LogP contribution in [0.15, 0.2) is 36.9 Å². The van der Waals surface area contributed by atoms with Gasteiger partial charge in [0.2, 0.25) is 0 Å². The Hall–Kier alpha value is -1.32. The van der Waals surface area contributed by atoms with Crippen molar-refractivity contribution in [1.82, 2.24) is 5.43 Å². The molecule has 0 saturated heterocycles. The summed E-state index contributed by atoms with van der Waals surface area (Å²) in [7, 11) is 0. The first kappa shape index (κ1) is 14.7. The minimum atomic E-state index is 0.167. The fraction of sp³-hybridized carbons (Fsp3) is 0.467. The summed E-state index contributed by atoms with van der Waals surface area (Å²) in [6.45, 7) is 7.78. The molecule has 1 rings (SSSR count). The molecule has 1 unspecified atom stereocenters. The van der Waals surface area contributed by atoms with Crippen LogP contribution < -0.4 is 16.0 Å². The van der Waals surface area contributed by atoms with Crippen LogP contribution in [0.25, 0.3) is 0 Å². The Morgan fingerprint density at radius 2 is 2.22 bits per heavy atom. The van der Waals surface area contributed by atoms with Crippen molar-refractivity contribution in [3.05, 3.63) is 42.5 Å². The Morgan fingerprint density at radius 3 is 2.83 bits per heavy atom. The number of allylic oxidation sites excluding steroid dienone is 1. The standard InChI is InChI=1S/C15H24N2O/c1-4-5-6-10-15(17-16)13-8-7-9-14(11-13)18-12(2)3/h4,7-9,11-12,15,17H,1,5-6,10,16H2,2-3H3. The molecule has 0 bridgehead atoms. The highest BCUT2D eigenvalue weighted by Gasteiger charge is 2.10. The van der Waals surface area contributed by atoms with E-state index in [1.807, 2.05) is 32.1 Å². The van der Waals surface area contributed by atoms with Crippen LogP contribution in [0.5, 0.6) is 5.75 Å². The first-order valence-electron chi connectivity index (χ1n) is 6.51. The lowest BCUT2D eigenvalue weighted by molar-refractivity contribution is 0.242. The Labute approximate surface area is 110 Å². The number of nitrogens with two attached hydrogens (primary N) is 1. The van der Waals surface area contributed by atoms with Gasteiger partial charge in [-0.15, -0.1) is 6.58 Å². The summed E-state index contributed by atoms with van der Waals surface area (Å²) in [5.41, 5.74) is 4.03. The van der Waals surface area contributed by atoms with Gasteiger partial charge < -0.3 is 4.74 Å². The molecule has 100 valence electrons. The van der Waals surface area contributed by atoms with Gasteiger partial charge in [-0.25, -0.2) is 0 Å². The van der Waals surface area contributed by atoms with Crippen molar-refractivity contribution in [2.75, 3.05) is 0 Å². The summed E-state index contributed by atoms with van der Waals surface area (Å²) < 4.78 is 5.69. The summed E-state index contributed by atoms with van der Waals surface area (Å²) >= 11 is 0. The Balaban J connectivity index is 2.69. The van der Waals surface area contributed by atoms with E-state index in [0.717, 1.165) is 25.0 Å². The van der Waals surface area contributed by atoms with Crippen LogP contribution in [-0.4, -0.2) is 6.10 Å². The molecule has 3 heteroatoms. The van der Waals surface area contributed by atoms with Gasteiger partial charge in [-0.05, 0) is 50.8 Å². The van der Waals surface area contributed by atoms with E-state index in [2.05, 4.69) is 24.1 Å². The van der Waals surface area contributed by atoms with Crippen LogP contribution in [0.1, 0.15) is 44.7 Å². The topological polar surface area (TPSA) is 47.3 Å². The van der Waals surface area contributed by atoms with Gasteiger partial charge in [-0.1, -0.05) is 18.2 Å². The van der Waals surface area contributed by atoms with Gasteiger partial charge in [0.1, 0.15) is 5.75 Å². The van der Waals surface area contributed by atoms with Crippen molar-refractivity contribution in [2.45, 2.75) is 45.3 Å². The van der Waals surface area contributed by atoms with E-state index in [-0.39, 0.29) is 12.1 Å². The summed E-state index contributed by atoms with van der Waals surface area (Å²) in [4.78, 5) is 0. The molecule has 0 amide bonds. The fourth-order valence-corrected chi connectivity index (χ4v) is 1.89. The van der Waals surface area contributed by atoms with Crippen molar-refractivity contribution in [3.8, 4) is 5.75 Å². The molecule has 0 aliphatic carbocycles. The van der Waals surface area contributed by atoms with Gasteiger partial charge >= 0.3 is 0 Å². The van der Waals surface area contributed by atoms with Crippen molar-refractivity contribution in [1.29, 1.82) is 0 Å². The number of unbranched alkanes of at least 4 members (excludes halogenated alkanes) is 1. The highest BCUT2D eigenvalue weighted by Crippen LogP contribution is 2.23. The van der Waals surface area contributed by atoms with Gasteiger partial charge in [0.25, 0.3) is 0 Å². The zero-order chi connectivity index (χ0) is 13.4. The predicted octanol–water partition coefficient (Wildman–Crippen LogP) is 3.33. The highest BCUT2D eigenvalue weighted by atomic mass is 16.5. The summed E-state index contributed by atoms with van der Waals surface area (Å²) in [5.74, 6) is 6.52. The average molecular weight is 248 g/mol. The van der Waals surface area contributed by atoms with Crippen LogP contribution in [-0.2, 0) is 0 Å². The Bertz CT molecular complexity index is 363. The predicted molar refractivity (Wildman–Crippen MR) is 76.3 cm³/mol. The molecule has 1 aromatic rings. The van der Waals surface area contributed by atoms with Crippen molar-refractivity contribution in [3.63, 3.8) is 0 Å². The summed E-state index contributed by atoms with van der Waals surface area (Å²) in [5, 5.41) is 0. The third-order valence-electron chi connectivity index (χ3n) is 2.73. The molecule has 18 heavy (non-hydrogen) atoms. The molecule has 0 aromatic heterocycles. The van der Waals surface area contributed by atoms with Crippen molar-refractivity contribution in [2.24, 2.45) is 5.84 Å². The zero-order valence-corrected chi connectivity index (χ0v) is 11.4. The molecule has 0 radical (unpaired) electrons. The second-order valence-electron chi connectivity index (χ2n) is 4.68. The molecule has 3 N–H and O–H groups in total. The molecule has 0 heterocycles. The van der Waals surface area contributed by atoms with Gasteiger partial charge in [0.05, 0.1) is 6.10 Å². The van der Waals surface area contributed by atoms with Crippen molar-refractivity contribution < 1.29 is 4.74 Å². The number of hydrogen-bond acceptors (Lipinski definition) is 3. The number of ether oxygens (including phenoxy) is 1. The Morgan fingerprint density at radius 1 is 1.44 bits per heavy atom.